The topological polar surface area (TPSA) is 38.1 Å². The number of nitrogens with one attached hydrogen (secondary N) is 1. The van der Waals surface area contributed by atoms with Crippen molar-refractivity contribution in [3.63, 3.8) is 0 Å². The first-order valence-electron chi connectivity index (χ1n) is 5.83. The molecule has 86 valence electrons. The Morgan fingerprint density at radius 2 is 2.07 bits per heavy atom. The van der Waals surface area contributed by atoms with E-state index in [1.54, 1.807) is 0 Å². The number of aryl methyl sites for hydroxylation is 2. The molecule has 3 heteroatoms. The molecule has 0 aliphatic heterocycles. The third-order valence-corrected chi connectivity index (χ3v) is 2.75. The Balaban J connectivity index is 2.43. The van der Waals surface area contributed by atoms with Crippen LogP contribution >= 0.6 is 0 Å². The Labute approximate surface area is 92.2 Å². The summed E-state index contributed by atoms with van der Waals surface area (Å²) in [5, 5.41) is 7.47. The van der Waals surface area contributed by atoms with E-state index in [0.29, 0.717) is 6.04 Å². The van der Waals surface area contributed by atoms with Crippen LogP contribution in [0.5, 0.6) is 0 Å². The minimum Gasteiger partial charge on any atom is -0.361 e. The first kappa shape index (κ1) is 12.2. The molecule has 3 nitrogen and oxygen atoms in total. The second-order valence-corrected chi connectivity index (χ2v) is 4.12. The van der Waals surface area contributed by atoms with Gasteiger partial charge in [0, 0.05) is 11.6 Å². The van der Waals surface area contributed by atoms with Gasteiger partial charge in [0.25, 0.3) is 0 Å². The van der Waals surface area contributed by atoms with E-state index in [9.17, 15) is 0 Å². The zero-order chi connectivity index (χ0) is 11.3. The first-order valence-corrected chi connectivity index (χ1v) is 5.83. The van der Waals surface area contributed by atoms with E-state index in [2.05, 4.69) is 24.3 Å². The summed E-state index contributed by atoms with van der Waals surface area (Å²) in [6.45, 7) is 9.42. The van der Waals surface area contributed by atoms with Crippen LogP contribution in [0.25, 0.3) is 0 Å². The highest BCUT2D eigenvalue weighted by atomic mass is 16.5. The predicted octanol–water partition coefficient (Wildman–Crippen LogP) is 3.13. The molecule has 0 aromatic carbocycles. The zero-order valence-electron chi connectivity index (χ0n) is 10.3. The molecule has 1 N–H and O–H groups in total. The van der Waals surface area contributed by atoms with Crippen molar-refractivity contribution in [1.82, 2.24) is 10.5 Å². The fourth-order valence-electron chi connectivity index (χ4n) is 1.90. The van der Waals surface area contributed by atoms with Crippen molar-refractivity contribution in [2.45, 2.75) is 53.0 Å². The van der Waals surface area contributed by atoms with Crippen LogP contribution < -0.4 is 5.32 Å². The lowest BCUT2D eigenvalue weighted by molar-refractivity contribution is 0.390. The van der Waals surface area contributed by atoms with Gasteiger partial charge in [-0.15, -0.1) is 0 Å². The summed E-state index contributed by atoms with van der Waals surface area (Å²) in [4.78, 5) is 0. The Kier molecular flexibility index (Phi) is 4.82. The molecule has 0 spiro atoms. The predicted molar refractivity (Wildman–Crippen MR) is 61.9 cm³/mol. The zero-order valence-corrected chi connectivity index (χ0v) is 10.3. The summed E-state index contributed by atoms with van der Waals surface area (Å²) in [5.74, 6) is 0.933. The molecule has 0 saturated heterocycles. The van der Waals surface area contributed by atoms with Crippen LogP contribution in [0, 0.1) is 13.8 Å². The van der Waals surface area contributed by atoms with E-state index in [1.807, 2.05) is 13.8 Å². The van der Waals surface area contributed by atoms with E-state index < -0.39 is 0 Å². The van der Waals surface area contributed by atoms with Gasteiger partial charge in [0.15, 0.2) is 0 Å². The molecule has 0 aliphatic carbocycles. The molecule has 1 aromatic heterocycles. The van der Waals surface area contributed by atoms with Gasteiger partial charge in [-0.3, -0.25) is 0 Å². The molecule has 1 atom stereocenters. The number of unbranched alkanes of at least 4 members (excludes halogenated alkanes) is 2. The minimum atomic E-state index is 0.341. The van der Waals surface area contributed by atoms with Gasteiger partial charge in [-0.25, -0.2) is 0 Å². The molecule has 1 rings (SSSR count). The maximum atomic E-state index is 5.15. The van der Waals surface area contributed by atoms with Gasteiger partial charge in [-0.2, -0.15) is 0 Å². The Bertz CT molecular complexity index is 274. The van der Waals surface area contributed by atoms with Crippen molar-refractivity contribution < 1.29 is 4.52 Å². The summed E-state index contributed by atoms with van der Waals surface area (Å²) in [7, 11) is 0. The van der Waals surface area contributed by atoms with E-state index in [1.165, 1.54) is 24.8 Å². The third-order valence-electron chi connectivity index (χ3n) is 2.75. The summed E-state index contributed by atoms with van der Waals surface area (Å²) < 4.78 is 5.15. The highest BCUT2D eigenvalue weighted by molar-refractivity contribution is 5.24. The summed E-state index contributed by atoms with van der Waals surface area (Å²) in [6.07, 6.45) is 3.80. The van der Waals surface area contributed by atoms with Gasteiger partial charge in [0.05, 0.1) is 5.69 Å². The second-order valence-electron chi connectivity index (χ2n) is 4.12. The molecule has 0 saturated carbocycles. The Hall–Kier alpha value is -0.830. The lowest BCUT2D eigenvalue weighted by atomic mass is 10.1. The Morgan fingerprint density at radius 3 is 2.60 bits per heavy atom. The second kappa shape index (κ2) is 5.91. The molecule has 0 aliphatic rings. The molecular formula is C12H22N2O. The minimum absolute atomic E-state index is 0.341. The number of aromatic nitrogens is 1. The molecular weight excluding hydrogens is 188 g/mol. The SMILES string of the molecule is CCCCCNC(C)c1c(C)noc1C. The van der Waals surface area contributed by atoms with Crippen molar-refractivity contribution in [3.05, 3.63) is 17.0 Å². The van der Waals surface area contributed by atoms with Gasteiger partial charge < -0.3 is 9.84 Å². The number of hydrogen-bond donors (Lipinski definition) is 1. The van der Waals surface area contributed by atoms with Crippen LogP contribution in [0.3, 0.4) is 0 Å². The third kappa shape index (κ3) is 3.34. The van der Waals surface area contributed by atoms with E-state index in [4.69, 9.17) is 4.52 Å². The maximum Gasteiger partial charge on any atom is 0.138 e. The lowest BCUT2D eigenvalue weighted by Gasteiger charge is -2.13. The van der Waals surface area contributed by atoms with Crippen LogP contribution in [-0.2, 0) is 0 Å². The first-order chi connectivity index (χ1) is 7.16. The van der Waals surface area contributed by atoms with Crippen LogP contribution in [0.2, 0.25) is 0 Å². The van der Waals surface area contributed by atoms with Crippen molar-refractivity contribution >= 4 is 0 Å². The molecule has 1 heterocycles. The molecule has 1 unspecified atom stereocenters. The highest BCUT2D eigenvalue weighted by Crippen LogP contribution is 2.20. The normalized spacial score (nSPS) is 13.1. The smallest absolute Gasteiger partial charge is 0.138 e. The molecule has 1 aromatic rings. The van der Waals surface area contributed by atoms with Crippen LogP contribution in [0.4, 0.5) is 0 Å². The standard InChI is InChI=1S/C12H22N2O/c1-5-6-7-8-13-9(2)12-10(3)14-15-11(12)4/h9,13H,5-8H2,1-4H3. The number of nitrogens with zero attached hydrogens (tertiary/aromatic N) is 1. The fourth-order valence-corrected chi connectivity index (χ4v) is 1.90. The van der Waals surface area contributed by atoms with E-state index in [0.717, 1.165) is 18.0 Å². The maximum absolute atomic E-state index is 5.15. The molecule has 0 amide bonds. The average molecular weight is 210 g/mol. The monoisotopic (exact) mass is 210 g/mol. The van der Waals surface area contributed by atoms with Crippen molar-refractivity contribution in [3.8, 4) is 0 Å². The molecule has 0 radical (unpaired) electrons. The number of rotatable bonds is 6. The average Bonchev–Trinajstić information content (AvgIpc) is 2.53. The van der Waals surface area contributed by atoms with Crippen LogP contribution in [-0.4, -0.2) is 11.7 Å². The summed E-state index contributed by atoms with van der Waals surface area (Å²) in [5.41, 5.74) is 2.22. The van der Waals surface area contributed by atoms with E-state index >= 15 is 0 Å². The molecule has 0 bridgehead atoms. The molecule has 0 fully saturated rings. The van der Waals surface area contributed by atoms with E-state index in [-0.39, 0.29) is 0 Å². The van der Waals surface area contributed by atoms with Gasteiger partial charge >= 0.3 is 0 Å². The van der Waals surface area contributed by atoms with Crippen molar-refractivity contribution in [2.24, 2.45) is 0 Å². The van der Waals surface area contributed by atoms with Crippen molar-refractivity contribution in [2.75, 3.05) is 6.54 Å². The van der Waals surface area contributed by atoms with Gasteiger partial charge in [0.2, 0.25) is 0 Å². The summed E-state index contributed by atoms with van der Waals surface area (Å²) >= 11 is 0. The van der Waals surface area contributed by atoms with Crippen LogP contribution in [0.1, 0.15) is 56.2 Å². The van der Waals surface area contributed by atoms with Gasteiger partial charge in [-0.1, -0.05) is 24.9 Å². The largest absolute Gasteiger partial charge is 0.361 e. The lowest BCUT2D eigenvalue weighted by Crippen LogP contribution is -2.20. The summed E-state index contributed by atoms with van der Waals surface area (Å²) in [6, 6.07) is 0.341. The van der Waals surface area contributed by atoms with Crippen molar-refractivity contribution in [1.29, 1.82) is 0 Å². The Morgan fingerprint density at radius 1 is 1.33 bits per heavy atom. The van der Waals surface area contributed by atoms with Gasteiger partial charge in [0.1, 0.15) is 5.76 Å². The quantitative estimate of drug-likeness (QED) is 0.733. The fraction of sp³-hybridized carbons (Fsp3) is 0.750. The highest BCUT2D eigenvalue weighted by Gasteiger charge is 2.15. The van der Waals surface area contributed by atoms with Gasteiger partial charge in [-0.05, 0) is 33.7 Å². The van der Waals surface area contributed by atoms with Crippen LogP contribution in [0.15, 0.2) is 4.52 Å². The molecule has 15 heavy (non-hydrogen) atoms. The number of hydrogen-bond acceptors (Lipinski definition) is 3.